The average molecular weight is 407 g/mol. The largest absolute Gasteiger partial charge is 0.394 e. The first kappa shape index (κ1) is 29.7. The highest BCUT2D eigenvalue weighted by atomic mass is 17.2. The number of ether oxygens (including phenoxy) is 2. The second-order valence-electron chi connectivity index (χ2n) is 6.64. The SMILES string of the molecule is C=CCOOC(CC)CCCCCCCCCC.OCCOCCOCCO. The molecule has 0 heterocycles. The maximum absolute atomic E-state index is 8.26. The molecule has 0 saturated carbocycles. The van der Waals surface area contributed by atoms with Crippen molar-refractivity contribution in [2.24, 2.45) is 0 Å². The molecule has 0 aliphatic heterocycles. The summed E-state index contributed by atoms with van der Waals surface area (Å²) in [5, 5.41) is 16.5. The molecular weight excluding hydrogens is 360 g/mol. The maximum atomic E-state index is 8.26. The first-order valence-corrected chi connectivity index (χ1v) is 11.0. The van der Waals surface area contributed by atoms with Gasteiger partial charge < -0.3 is 19.7 Å². The van der Waals surface area contributed by atoms with E-state index in [2.05, 4.69) is 20.4 Å². The van der Waals surface area contributed by atoms with Crippen LogP contribution in [0.4, 0.5) is 0 Å². The Labute approximate surface area is 173 Å². The lowest BCUT2D eigenvalue weighted by atomic mass is 10.0. The Balaban J connectivity index is 0. The van der Waals surface area contributed by atoms with Gasteiger partial charge in [-0.3, -0.25) is 0 Å². The van der Waals surface area contributed by atoms with Gasteiger partial charge >= 0.3 is 0 Å². The minimum absolute atomic E-state index is 0.0417. The first-order chi connectivity index (χ1) is 13.8. The van der Waals surface area contributed by atoms with E-state index in [4.69, 9.17) is 29.5 Å². The number of hydrogen-bond acceptors (Lipinski definition) is 6. The van der Waals surface area contributed by atoms with E-state index in [-0.39, 0.29) is 19.3 Å². The highest BCUT2D eigenvalue weighted by Crippen LogP contribution is 2.13. The van der Waals surface area contributed by atoms with Gasteiger partial charge in [-0.25, -0.2) is 9.78 Å². The summed E-state index contributed by atoms with van der Waals surface area (Å²) in [5.41, 5.74) is 0. The Hall–Kier alpha value is -0.500. The van der Waals surface area contributed by atoms with Crippen LogP contribution in [-0.4, -0.2) is 62.6 Å². The summed E-state index contributed by atoms with van der Waals surface area (Å²) in [6, 6.07) is 0. The van der Waals surface area contributed by atoms with Crippen molar-refractivity contribution in [1.82, 2.24) is 0 Å². The van der Waals surface area contributed by atoms with E-state index >= 15 is 0 Å². The maximum Gasteiger partial charge on any atom is 0.100 e. The van der Waals surface area contributed by atoms with Crippen LogP contribution in [0.15, 0.2) is 12.7 Å². The third-order valence-corrected chi connectivity index (χ3v) is 4.07. The van der Waals surface area contributed by atoms with E-state index in [1.165, 1.54) is 51.4 Å². The van der Waals surface area contributed by atoms with Crippen molar-refractivity contribution in [3.63, 3.8) is 0 Å². The molecule has 0 aromatic heterocycles. The van der Waals surface area contributed by atoms with Gasteiger partial charge in [-0.15, -0.1) is 6.58 Å². The van der Waals surface area contributed by atoms with Crippen LogP contribution in [0.2, 0.25) is 0 Å². The summed E-state index contributed by atoms with van der Waals surface area (Å²) in [4.78, 5) is 10.4. The summed E-state index contributed by atoms with van der Waals surface area (Å²) in [5.74, 6) is 0. The van der Waals surface area contributed by atoms with E-state index in [1.54, 1.807) is 6.08 Å². The van der Waals surface area contributed by atoms with Gasteiger partial charge in [0.25, 0.3) is 0 Å². The molecule has 0 bridgehead atoms. The van der Waals surface area contributed by atoms with Crippen molar-refractivity contribution in [3.05, 3.63) is 12.7 Å². The number of rotatable bonds is 21. The second kappa shape index (κ2) is 28.7. The van der Waals surface area contributed by atoms with Crippen LogP contribution >= 0.6 is 0 Å². The van der Waals surface area contributed by atoms with Crippen molar-refractivity contribution in [2.75, 3.05) is 46.2 Å². The molecular formula is C22H46O6. The predicted molar refractivity (Wildman–Crippen MR) is 114 cm³/mol. The predicted octanol–water partition coefficient (Wildman–Crippen LogP) is 4.43. The molecule has 0 spiro atoms. The van der Waals surface area contributed by atoms with Crippen LogP contribution in [0.3, 0.4) is 0 Å². The standard InChI is InChI=1S/C16H32O2.C6H14O4/c1-4-7-8-9-10-11-12-13-14-16(6-3)18-17-15-5-2;7-1-3-9-5-6-10-4-2-8/h5,16H,2,4,6-15H2,1,3H3;7-8H,1-6H2. The molecule has 6 heteroatoms. The van der Waals surface area contributed by atoms with Gasteiger partial charge in [0, 0.05) is 0 Å². The molecule has 1 unspecified atom stereocenters. The lowest BCUT2D eigenvalue weighted by Crippen LogP contribution is -2.12. The average Bonchev–Trinajstić information content (AvgIpc) is 2.72. The van der Waals surface area contributed by atoms with Crippen LogP contribution in [-0.2, 0) is 19.2 Å². The van der Waals surface area contributed by atoms with Gasteiger partial charge in [0.2, 0.25) is 0 Å². The summed E-state index contributed by atoms with van der Waals surface area (Å²) in [6.07, 6.45) is 15.0. The van der Waals surface area contributed by atoms with Gasteiger partial charge in [-0.05, 0) is 12.8 Å². The fourth-order valence-electron chi connectivity index (χ4n) is 2.46. The Morgan fingerprint density at radius 3 is 1.79 bits per heavy atom. The Morgan fingerprint density at radius 1 is 0.786 bits per heavy atom. The lowest BCUT2D eigenvalue weighted by Gasteiger charge is -2.13. The number of unbranched alkanes of at least 4 members (excludes halogenated alkanes) is 7. The van der Waals surface area contributed by atoms with Crippen LogP contribution in [0.5, 0.6) is 0 Å². The van der Waals surface area contributed by atoms with Crippen molar-refractivity contribution < 1.29 is 29.5 Å². The van der Waals surface area contributed by atoms with Crippen LogP contribution in [0.1, 0.15) is 78.1 Å². The van der Waals surface area contributed by atoms with Gasteiger partial charge in [-0.1, -0.05) is 71.3 Å². The molecule has 0 aromatic rings. The molecule has 0 amide bonds. The highest BCUT2D eigenvalue weighted by molar-refractivity contribution is 4.62. The molecule has 0 radical (unpaired) electrons. The molecule has 0 aromatic carbocycles. The van der Waals surface area contributed by atoms with Gasteiger partial charge in [0.1, 0.15) is 6.61 Å². The zero-order chi connectivity index (χ0) is 21.1. The van der Waals surface area contributed by atoms with Crippen molar-refractivity contribution in [3.8, 4) is 0 Å². The van der Waals surface area contributed by atoms with Crippen LogP contribution in [0.25, 0.3) is 0 Å². The number of hydrogen-bond donors (Lipinski definition) is 2. The third kappa shape index (κ3) is 27.7. The quantitative estimate of drug-likeness (QED) is 0.127. The van der Waals surface area contributed by atoms with E-state index < -0.39 is 0 Å². The lowest BCUT2D eigenvalue weighted by molar-refractivity contribution is -0.318. The normalized spacial score (nSPS) is 11.7. The molecule has 0 saturated heterocycles. The van der Waals surface area contributed by atoms with Crippen LogP contribution in [0, 0.1) is 0 Å². The Morgan fingerprint density at radius 2 is 1.32 bits per heavy atom. The fraction of sp³-hybridized carbons (Fsp3) is 0.909. The molecule has 170 valence electrons. The number of aliphatic hydroxyl groups is 2. The minimum atomic E-state index is 0.0417. The number of aliphatic hydroxyl groups excluding tert-OH is 2. The Kier molecular flexibility index (Phi) is 30.4. The summed E-state index contributed by atoms with van der Waals surface area (Å²) in [7, 11) is 0. The smallest absolute Gasteiger partial charge is 0.100 e. The fourth-order valence-corrected chi connectivity index (χ4v) is 2.46. The van der Waals surface area contributed by atoms with E-state index in [1.807, 2.05) is 0 Å². The van der Waals surface area contributed by atoms with Crippen molar-refractivity contribution in [2.45, 2.75) is 84.2 Å². The van der Waals surface area contributed by atoms with E-state index in [9.17, 15) is 0 Å². The topological polar surface area (TPSA) is 77.4 Å². The monoisotopic (exact) mass is 406 g/mol. The molecule has 28 heavy (non-hydrogen) atoms. The minimum Gasteiger partial charge on any atom is -0.394 e. The van der Waals surface area contributed by atoms with E-state index in [0.29, 0.717) is 33.0 Å². The first-order valence-electron chi connectivity index (χ1n) is 11.0. The molecule has 0 fully saturated rings. The summed E-state index contributed by atoms with van der Waals surface area (Å²) in [6.45, 7) is 10.2. The molecule has 1 atom stereocenters. The van der Waals surface area contributed by atoms with Gasteiger partial charge in [0.05, 0.1) is 45.7 Å². The van der Waals surface area contributed by atoms with Crippen molar-refractivity contribution >= 4 is 0 Å². The molecule has 0 rings (SSSR count). The molecule has 0 aliphatic carbocycles. The van der Waals surface area contributed by atoms with Gasteiger partial charge in [-0.2, -0.15) is 0 Å². The zero-order valence-electron chi connectivity index (χ0n) is 18.4. The van der Waals surface area contributed by atoms with E-state index in [0.717, 1.165) is 12.8 Å². The molecule has 2 N–H and O–H groups in total. The summed E-state index contributed by atoms with van der Waals surface area (Å²) >= 11 is 0. The molecule has 6 nitrogen and oxygen atoms in total. The van der Waals surface area contributed by atoms with Crippen molar-refractivity contribution in [1.29, 1.82) is 0 Å². The highest BCUT2D eigenvalue weighted by Gasteiger charge is 2.06. The van der Waals surface area contributed by atoms with Gasteiger partial charge in [0.15, 0.2) is 0 Å². The third-order valence-electron chi connectivity index (χ3n) is 4.07. The second-order valence-corrected chi connectivity index (χ2v) is 6.64. The van der Waals surface area contributed by atoms with Crippen LogP contribution < -0.4 is 0 Å². The zero-order valence-corrected chi connectivity index (χ0v) is 18.4. The summed E-state index contributed by atoms with van der Waals surface area (Å²) < 4.78 is 9.75. The Bertz CT molecular complexity index is 268. The molecule has 0 aliphatic rings.